The van der Waals surface area contributed by atoms with E-state index < -0.39 is 0 Å². The first-order chi connectivity index (χ1) is 11.7. The van der Waals surface area contributed by atoms with Crippen LogP contribution in [-0.4, -0.2) is 31.7 Å². The van der Waals surface area contributed by atoms with Gasteiger partial charge in [-0.05, 0) is 29.7 Å². The molecule has 1 aliphatic heterocycles. The van der Waals surface area contributed by atoms with Crippen LogP contribution in [0, 0.1) is 6.92 Å². The molecule has 0 aromatic heterocycles. The minimum Gasteiger partial charge on any atom is -0.378 e. The zero-order valence-corrected chi connectivity index (χ0v) is 15.3. The minimum absolute atomic E-state index is 0. The van der Waals surface area contributed by atoms with Gasteiger partial charge in [0.2, 0.25) is 5.91 Å². The van der Waals surface area contributed by atoms with E-state index in [1.165, 1.54) is 16.7 Å². The van der Waals surface area contributed by atoms with Crippen LogP contribution in [0.1, 0.15) is 17.5 Å². The van der Waals surface area contributed by atoms with E-state index in [1.807, 2.05) is 12.1 Å². The minimum atomic E-state index is 0. The lowest BCUT2D eigenvalue weighted by atomic mass is 10.0. The van der Waals surface area contributed by atoms with E-state index >= 15 is 0 Å². The van der Waals surface area contributed by atoms with Gasteiger partial charge < -0.3 is 15.4 Å². The fourth-order valence-electron chi connectivity index (χ4n) is 2.85. The first-order valence-corrected chi connectivity index (χ1v) is 8.44. The van der Waals surface area contributed by atoms with Crippen molar-refractivity contribution in [2.75, 3.05) is 19.8 Å². The van der Waals surface area contributed by atoms with E-state index in [1.54, 1.807) is 0 Å². The van der Waals surface area contributed by atoms with Crippen LogP contribution in [0.4, 0.5) is 0 Å². The van der Waals surface area contributed by atoms with Crippen molar-refractivity contribution >= 4 is 18.3 Å². The van der Waals surface area contributed by atoms with Crippen molar-refractivity contribution in [1.29, 1.82) is 0 Å². The molecule has 1 amide bonds. The third kappa shape index (κ3) is 5.85. The van der Waals surface area contributed by atoms with E-state index in [2.05, 4.69) is 54.0 Å². The second kappa shape index (κ2) is 9.56. The number of amides is 1. The van der Waals surface area contributed by atoms with Crippen LogP contribution in [0.25, 0.3) is 11.1 Å². The summed E-state index contributed by atoms with van der Waals surface area (Å²) in [4.78, 5) is 12.1. The first-order valence-electron chi connectivity index (χ1n) is 8.44. The molecule has 5 heteroatoms. The van der Waals surface area contributed by atoms with Gasteiger partial charge >= 0.3 is 0 Å². The molecule has 2 aromatic carbocycles. The zero-order chi connectivity index (χ0) is 16.8. The highest BCUT2D eigenvalue weighted by Crippen LogP contribution is 2.20. The number of hydrogen-bond acceptors (Lipinski definition) is 3. The molecular formula is C20H25ClN2O2. The Balaban J connectivity index is 0.00000225. The lowest BCUT2D eigenvalue weighted by Crippen LogP contribution is -2.44. The second-order valence-corrected chi connectivity index (χ2v) is 6.27. The van der Waals surface area contributed by atoms with Crippen LogP contribution in [0.2, 0.25) is 0 Å². The Kier molecular flexibility index (Phi) is 7.44. The number of morpholine rings is 1. The van der Waals surface area contributed by atoms with E-state index in [4.69, 9.17) is 4.74 Å². The van der Waals surface area contributed by atoms with Crippen molar-refractivity contribution in [3.63, 3.8) is 0 Å². The Morgan fingerprint density at radius 2 is 2.00 bits per heavy atom. The third-order valence-corrected chi connectivity index (χ3v) is 4.23. The summed E-state index contributed by atoms with van der Waals surface area (Å²) in [5, 5.41) is 6.30. The lowest BCUT2D eigenvalue weighted by Gasteiger charge is -2.23. The highest BCUT2D eigenvalue weighted by atomic mass is 35.5. The molecule has 2 aromatic rings. The molecule has 1 fully saturated rings. The summed E-state index contributed by atoms with van der Waals surface area (Å²) in [7, 11) is 0. The van der Waals surface area contributed by atoms with Gasteiger partial charge in [-0.25, -0.2) is 0 Å². The molecule has 134 valence electrons. The average Bonchev–Trinajstić information content (AvgIpc) is 2.62. The molecule has 1 atom stereocenters. The fourth-order valence-corrected chi connectivity index (χ4v) is 2.85. The average molecular weight is 361 g/mol. The topological polar surface area (TPSA) is 50.4 Å². The first kappa shape index (κ1) is 19.4. The number of nitrogens with one attached hydrogen (secondary N) is 2. The van der Waals surface area contributed by atoms with Gasteiger partial charge in [0.25, 0.3) is 0 Å². The van der Waals surface area contributed by atoms with Crippen molar-refractivity contribution in [1.82, 2.24) is 10.6 Å². The van der Waals surface area contributed by atoms with E-state index in [-0.39, 0.29) is 24.4 Å². The molecule has 1 unspecified atom stereocenters. The molecule has 25 heavy (non-hydrogen) atoms. The molecule has 2 N–H and O–H groups in total. The van der Waals surface area contributed by atoms with Crippen LogP contribution in [0.15, 0.2) is 48.5 Å². The van der Waals surface area contributed by atoms with Gasteiger partial charge in [-0.3, -0.25) is 4.79 Å². The van der Waals surface area contributed by atoms with Crippen LogP contribution < -0.4 is 10.6 Å². The van der Waals surface area contributed by atoms with Crippen molar-refractivity contribution in [3.8, 4) is 11.1 Å². The predicted molar refractivity (Wildman–Crippen MR) is 103 cm³/mol. The van der Waals surface area contributed by atoms with Crippen molar-refractivity contribution < 1.29 is 9.53 Å². The van der Waals surface area contributed by atoms with Crippen LogP contribution in [0.3, 0.4) is 0 Å². The monoisotopic (exact) mass is 360 g/mol. The van der Waals surface area contributed by atoms with Crippen molar-refractivity contribution in [3.05, 3.63) is 59.7 Å². The number of hydrogen-bond donors (Lipinski definition) is 2. The molecule has 0 bridgehead atoms. The predicted octanol–water partition coefficient (Wildman–Crippen LogP) is 3.08. The quantitative estimate of drug-likeness (QED) is 0.861. The van der Waals surface area contributed by atoms with Gasteiger partial charge in [0.15, 0.2) is 0 Å². The maximum atomic E-state index is 12.1. The number of carbonyl (C=O) groups is 1. The lowest BCUT2D eigenvalue weighted by molar-refractivity contribution is -0.122. The van der Waals surface area contributed by atoms with Gasteiger partial charge in [0.05, 0.1) is 13.2 Å². The summed E-state index contributed by atoms with van der Waals surface area (Å²) in [6.07, 6.45) is 0.456. The van der Waals surface area contributed by atoms with E-state index in [0.717, 1.165) is 18.7 Å². The molecule has 4 nitrogen and oxygen atoms in total. The number of benzene rings is 2. The summed E-state index contributed by atoms with van der Waals surface area (Å²) >= 11 is 0. The Morgan fingerprint density at radius 3 is 2.72 bits per heavy atom. The Bertz CT molecular complexity index is 682. The Morgan fingerprint density at radius 1 is 1.20 bits per heavy atom. The number of rotatable bonds is 5. The number of ether oxygens (including phenoxy) is 1. The van der Waals surface area contributed by atoms with Crippen molar-refractivity contribution in [2.24, 2.45) is 0 Å². The van der Waals surface area contributed by atoms with Gasteiger partial charge in [0, 0.05) is 25.6 Å². The summed E-state index contributed by atoms with van der Waals surface area (Å²) in [6.45, 7) is 4.78. The molecule has 0 aliphatic carbocycles. The summed E-state index contributed by atoms with van der Waals surface area (Å²) < 4.78 is 5.38. The van der Waals surface area contributed by atoms with E-state index in [0.29, 0.717) is 19.6 Å². The largest absolute Gasteiger partial charge is 0.378 e. The van der Waals surface area contributed by atoms with Gasteiger partial charge in [-0.1, -0.05) is 48.0 Å². The summed E-state index contributed by atoms with van der Waals surface area (Å²) in [5.41, 5.74) is 4.72. The van der Waals surface area contributed by atoms with Crippen LogP contribution in [-0.2, 0) is 16.1 Å². The fraction of sp³-hybridized carbons (Fsp3) is 0.350. The standard InChI is InChI=1S/C20H24N2O2.ClH/c1-15-5-7-17(8-6-15)18-4-2-3-16(11-18)13-22-20(23)12-19-14-24-10-9-21-19;/h2-8,11,19,21H,9-10,12-14H2,1H3,(H,22,23);1H. The maximum Gasteiger partial charge on any atom is 0.221 e. The second-order valence-electron chi connectivity index (χ2n) is 6.27. The maximum absolute atomic E-state index is 12.1. The number of aryl methyl sites for hydroxylation is 1. The Labute approximate surface area is 155 Å². The smallest absolute Gasteiger partial charge is 0.221 e. The molecule has 1 saturated heterocycles. The molecule has 1 heterocycles. The summed E-state index contributed by atoms with van der Waals surface area (Å²) in [5.74, 6) is 0.0544. The van der Waals surface area contributed by atoms with Gasteiger partial charge in [-0.2, -0.15) is 0 Å². The number of halogens is 1. The van der Waals surface area contributed by atoms with Crippen LogP contribution in [0.5, 0.6) is 0 Å². The van der Waals surface area contributed by atoms with Crippen molar-refractivity contribution in [2.45, 2.75) is 25.9 Å². The Hall–Kier alpha value is -1.88. The SMILES string of the molecule is Cc1ccc(-c2cccc(CNC(=O)CC3COCCN3)c2)cc1.Cl. The summed E-state index contributed by atoms with van der Waals surface area (Å²) in [6, 6.07) is 16.9. The molecule has 1 aliphatic rings. The van der Waals surface area contributed by atoms with E-state index in [9.17, 15) is 4.79 Å². The highest BCUT2D eigenvalue weighted by Gasteiger charge is 2.16. The van der Waals surface area contributed by atoms with Crippen LogP contribution >= 0.6 is 12.4 Å². The third-order valence-electron chi connectivity index (χ3n) is 4.23. The highest BCUT2D eigenvalue weighted by molar-refractivity contribution is 5.85. The normalized spacial score (nSPS) is 16.8. The molecule has 0 saturated carbocycles. The van der Waals surface area contributed by atoms with Gasteiger partial charge in [-0.15, -0.1) is 12.4 Å². The zero-order valence-electron chi connectivity index (χ0n) is 14.5. The number of carbonyl (C=O) groups excluding carboxylic acids is 1. The molecule has 0 spiro atoms. The molecular weight excluding hydrogens is 336 g/mol. The molecule has 0 radical (unpaired) electrons. The van der Waals surface area contributed by atoms with Gasteiger partial charge in [0.1, 0.15) is 0 Å². The molecule has 3 rings (SSSR count).